The fourth-order valence-corrected chi connectivity index (χ4v) is 3.67. The van der Waals surface area contributed by atoms with Crippen LogP contribution in [0.2, 0.25) is 0 Å². The van der Waals surface area contributed by atoms with Crippen molar-refractivity contribution in [3.8, 4) is 0 Å². The first-order chi connectivity index (χ1) is 14.1. The van der Waals surface area contributed by atoms with Crippen LogP contribution < -0.4 is 0 Å². The summed E-state index contributed by atoms with van der Waals surface area (Å²) in [6, 6.07) is 0. The number of hydrogen-bond donors (Lipinski definition) is 0. The number of nitrogens with zero attached hydrogens (tertiary/aromatic N) is 1. The molecule has 0 N–H and O–H groups in total. The Hall–Kier alpha value is -0.570. The summed E-state index contributed by atoms with van der Waals surface area (Å²) in [5.41, 5.74) is 0. The Bertz CT molecular complexity index is 334. The molecule has 0 fully saturated rings. The number of carbonyl (C=O) groups excluding carboxylic acids is 1. The first kappa shape index (κ1) is 28.4. The molecule has 29 heavy (non-hydrogen) atoms. The van der Waals surface area contributed by atoms with Crippen LogP contribution in [0.3, 0.4) is 0 Å². The van der Waals surface area contributed by atoms with E-state index in [0.717, 1.165) is 44.7 Å². The molecule has 0 rings (SSSR count). The van der Waals surface area contributed by atoms with Gasteiger partial charge in [0, 0.05) is 19.5 Å². The van der Waals surface area contributed by atoms with Gasteiger partial charge in [0.25, 0.3) is 0 Å². The van der Waals surface area contributed by atoms with Gasteiger partial charge >= 0.3 is 5.97 Å². The molecule has 0 aliphatic rings. The minimum absolute atomic E-state index is 0.0236. The molecule has 0 aliphatic carbocycles. The molecule has 174 valence electrons. The van der Waals surface area contributed by atoms with E-state index in [1.807, 2.05) is 5.06 Å². The normalized spacial score (nSPS) is 12.4. The molecule has 0 aromatic carbocycles. The van der Waals surface area contributed by atoms with Crippen LogP contribution in [0.25, 0.3) is 0 Å². The van der Waals surface area contributed by atoms with E-state index >= 15 is 0 Å². The lowest BCUT2D eigenvalue weighted by molar-refractivity contribution is -0.191. The summed E-state index contributed by atoms with van der Waals surface area (Å²) in [7, 11) is 0. The maximum atomic E-state index is 12.2. The highest BCUT2D eigenvalue weighted by Gasteiger charge is 2.11. The Balaban J connectivity index is 3.78. The average molecular weight is 412 g/mol. The largest absolute Gasteiger partial charge is 0.368 e. The van der Waals surface area contributed by atoms with Crippen LogP contribution in [-0.4, -0.2) is 24.1 Å². The van der Waals surface area contributed by atoms with Crippen molar-refractivity contribution in [3.63, 3.8) is 0 Å². The number of hydroxylamine groups is 2. The molecule has 0 aromatic rings. The van der Waals surface area contributed by atoms with Crippen LogP contribution in [0.15, 0.2) is 0 Å². The fourth-order valence-electron chi connectivity index (χ4n) is 3.67. The lowest BCUT2D eigenvalue weighted by Gasteiger charge is -2.21. The highest BCUT2D eigenvalue weighted by molar-refractivity contribution is 5.68. The molecule has 1 unspecified atom stereocenters. The van der Waals surface area contributed by atoms with Crippen molar-refractivity contribution in [1.29, 1.82) is 0 Å². The fraction of sp³-hybridized carbons (Fsp3) is 0.962. The van der Waals surface area contributed by atoms with Gasteiger partial charge in [0.05, 0.1) is 0 Å². The smallest absolute Gasteiger partial charge is 0.325 e. The molecule has 0 bridgehead atoms. The highest BCUT2D eigenvalue weighted by atomic mass is 16.7. The summed E-state index contributed by atoms with van der Waals surface area (Å²) in [5, 5.41) is 1.95. The molecule has 1 atom stereocenters. The summed E-state index contributed by atoms with van der Waals surface area (Å²) < 4.78 is 0. The van der Waals surface area contributed by atoms with Crippen molar-refractivity contribution in [2.45, 2.75) is 143 Å². The molecule has 0 amide bonds. The third kappa shape index (κ3) is 20.5. The average Bonchev–Trinajstić information content (AvgIpc) is 2.72. The second kappa shape index (κ2) is 22.1. The molecule has 0 spiro atoms. The van der Waals surface area contributed by atoms with Gasteiger partial charge in [-0.1, -0.05) is 118 Å². The molecular weight excluding hydrogens is 358 g/mol. The third-order valence-electron chi connectivity index (χ3n) is 6.03. The van der Waals surface area contributed by atoms with Gasteiger partial charge in [0.15, 0.2) is 0 Å². The van der Waals surface area contributed by atoms with Gasteiger partial charge in [-0.2, -0.15) is 0 Å². The number of rotatable bonds is 22. The number of hydrogen-bond acceptors (Lipinski definition) is 3. The summed E-state index contributed by atoms with van der Waals surface area (Å²) in [5.74, 6) is 0.864. The van der Waals surface area contributed by atoms with Gasteiger partial charge in [0.1, 0.15) is 0 Å². The molecule has 0 heterocycles. The van der Waals surface area contributed by atoms with Crippen LogP contribution in [0, 0.1) is 5.92 Å². The van der Waals surface area contributed by atoms with E-state index in [-0.39, 0.29) is 5.97 Å². The first-order valence-electron chi connectivity index (χ1n) is 13.1. The van der Waals surface area contributed by atoms with Crippen LogP contribution in [0.4, 0.5) is 0 Å². The van der Waals surface area contributed by atoms with Crippen molar-refractivity contribution < 1.29 is 9.63 Å². The zero-order valence-corrected chi connectivity index (χ0v) is 20.5. The Morgan fingerprint density at radius 2 is 1.17 bits per heavy atom. The zero-order chi connectivity index (χ0) is 21.6. The maximum Gasteiger partial charge on any atom is 0.325 e. The highest BCUT2D eigenvalue weighted by Crippen LogP contribution is 2.15. The van der Waals surface area contributed by atoms with Crippen molar-refractivity contribution in [1.82, 2.24) is 5.06 Å². The van der Waals surface area contributed by atoms with Crippen LogP contribution >= 0.6 is 0 Å². The molecule has 0 saturated carbocycles. The predicted octanol–water partition coefficient (Wildman–Crippen LogP) is 8.46. The Morgan fingerprint density at radius 1 is 0.690 bits per heavy atom. The molecule has 3 heteroatoms. The van der Waals surface area contributed by atoms with Gasteiger partial charge in [0.2, 0.25) is 0 Å². The lowest BCUT2D eigenvalue weighted by atomic mass is 10.00. The van der Waals surface area contributed by atoms with Gasteiger partial charge in [-0.25, -0.2) is 0 Å². The van der Waals surface area contributed by atoms with Crippen LogP contribution in [0.5, 0.6) is 0 Å². The third-order valence-corrected chi connectivity index (χ3v) is 6.03. The molecule has 0 radical (unpaired) electrons. The van der Waals surface area contributed by atoms with E-state index in [2.05, 4.69) is 27.7 Å². The van der Waals surface area contributed by atoms with Crippen molar-refractivity contribution in [3.05, 3.63) is 0 Å². The summed E-state index contributed by atoms with van der Waals surface area (Å²) in [4.78, 5) is 17.9. The van der Waals surface area contributed by atoms with Crippen molar-refractivity contribution in [2.24, 2.45) is 5.92 Å². The topological polar surface area (TPSA) is 29.5 Å². The monoisotopic (exact) mass is 411 g/mol. The second-order valence-corrected chi connectivity index (χ2v) is 9.04. The SMILES string of the molecule is CCCCCCN(CCCCCC)OC(=O)CCCCCCCCCC(C)CC. The van der Waals surface area contributed by atoms with Crippen molar-refractivity contribution >= 4 is 5.97 Å². The van der Waals surface area contributed by atoms with E-state index in [4.69, 9.17) is 4.84 Å². The number of unbranched alkanes of at least 4 members (excludes halogenated alkanes) is 12. The van der Waals surface area contributed by atoms with E-state index in [0.29, 0.717) is 6.42 Å². The molecular formula is C26H53NO2. The van der Waals surface area contributed by atoms with E-state index in [9.17, 15) is 4.79 Å². The second-order valence-electron chi connectivity index (χ2n) is 9.04. The summed E-state index contributed by atoms with van der Waals surface area (Å²) in [6.07, 6.45) is 21.9. The van der Waals surface area contributed by atoms with Crippen LogP contribution in [0.1, 0.15) is 143 Å². The minimum Gasteiger partial charge on any atom is -0.368 e. The molecule has 0 saturated heterocycles. The van der Waals surface area contributed by atoms with E-state index in [1.54, 1.807) is 0 Å². The molecule has 0 aromatic heterocycles. The van der Waals surface area contributed by atoms with Gasteiger partial charge in [-0.3, -0.25) is 4.79 Å². The Kier molecular flexibility index (Phi) is 21.7. The van der Waals surface area contributed by atoms with Gasteiger partial charge < -0.3 is 4.84 Å². The quantitative estimate of drug-likeness (QED) is 0.132. The van der Waals surface area contributed by atoms with Gasteiger partial charge in [-0.15, -0.1) is 5.06 Å². The summed E-state index contributed by atoms with van der Waals surface area (Å²) in [6.45, 7) is 10.9. The Morgan fingerprint density at radius 3 is 1.69 bits per heavy atom. The summed E-state index contributed by atoms with van der Waals surface area (Å²) >= 11 is 0. The first-order valence-corrected chi connectivity index (χ1v) is 13.1. The van der Waals surface area contributed by atoms with E-state index < -0.39 is 0 Å². The maximum absolute atomic E-state index is 12.2. The van der Waals surface area contributed by atoms with Crippen molar-refractivity contribution in [2.75, 3.05) is 13.1 Å². The standard InChI is InChI=1S/C26H53NO2/c1-5-8-10-19-23-27(24-20-11-9-6-2)29-26(28)22-18-16-14-12-13-15-17-21-25(4)7-3/h25H,5-24H2,1-4H3. The number of carbonyl (C=O) groups is 1. The van der Waals surface area contributed by atoms with Crippen LogP contribution in [-0.2, 0) is 9.63 Å². The zero-order valence-electron chi connectivity index (χ0n) is 20.5. The molecule has 0 aliphatic heterocycles. The minimum atomic E-state index is -0.0236. The van der Waals surface area contributed by atoms with Gasteiger partial charge in [-0.05, 0) is 25.2 Å². The van der Waals surface area contributed by atoms with E-state index in [1.165, 1.54) is 83.5 Å². The molecule has 3 nitrogen and oxygen atoms in total. The predicted molar refractivity (Wildman–Crippen MR) is 127 cm³/mol. The Labute approximate surface area is 183 Å². The lowest BCUT2D eigenvalue weighted by Crippen LogP contribution is -2.29.